The molecular weight excluding hydrogens is 163 g/mol. The Balaban J connectivity index is 3.15. The van der Waals surface area contributed by atoms with E-state index >= 15 is 0 Å². The zero-order valence-electron chi connectivity index (χ0n) is 10.3. The van der Waals surface area contributed by atoms with Gasteiger partial charge in [-0.25, -0.2) is 0 Å². The molecule has 0 unspecified atom stereocenters. The molecule has 1 aromatic rings. The summed E-state index contributed by atoms with van der Waals surface area (Å²) in [5.74, 6) is 0. The predicted molar refractivity (Wildman–Crippen MR) is 69.2 cm³/mol. The van der Waals surface area contributed by atoms with Crippen molar-refractivity contribution in [3.8, 4) is 0 Å². The van der Waals surface area contributed by atoms with E-state index in [-0.39, 0.29) is 10.8 Å². The monoisotopic (exact) mass is 182 g/mol. The van der Waals surface area contributed by atoms with Crippen molar-refractivity contribution in [1.29, 1.82) is 0 Å². The SMILES string of the molecule is CC(C)(C)c1bbbc(C(C)(C)C)b1. The van der Waals surface area contributed by atoms with Gasteiger partial charge >= 0.3 is 90.3 Å². The first-order chi connectivity index (χ1) is 6.21. The molecule has 0 aliphatic rings. The summed E-state index contributed by atoms with van der Waals surface area (Å²) in [7, 11) is 0. The van der Waals surface area contributed by atoms with Crippen molar-refractivity contribution in [1.82, 2.24) is 0 Å². The third-order valence-electron chi connectivity index (χ3n) is 2.59. The van der Waals surface area contributed by atoms with E-state index in [0.717, 1.165) is 0 Å². The molecule has 0 saturated heterocycles. The molecule has 1 rings (SSSR count). The van der Waals surface area contributed by atoms with Crippen molar-refractivity contribution in [2.24, 2.45) is 0 Å². The Morgan fingerprint density at radius 3 is 1.36 bits per heavy atom. The van der Waals surface area contributed by atoms with Crippen LogP contribution in [0, 0.1) is 0 Å². The Morgan fingerprint density at radius 2 is 1.07 bits per heavy atom. The van der Waals surface area contributed by atoms with Gasteiger partial charge in [0.1, 0.15) is 0 Å². The van der Waals surface area contributed by atoms with Crippen LogP contribution < -0.4 is 0 Å². The van der Waals surface area contributed by atoms with Crippen molar-refractivity contribution in [3.05, 3.63) is 10.7 Å². The van der Waals surface area contributed by atoms with E-state index < -0.39 is 0 Å². The predicted octanol–water partition coefficient (Wildman–Crippen LogP) is 1.63. The first-order valence-corrected chi connectivity index (χ1v) is 5.32. The molecule has 0 saturated carbocycles. The van der Waals surface area contributed by atoms with E-state index in [2.05, 4.69) is 68.7 Å². The van der Waals surface area contributed by atoms with Crippen LogP contribution in [0.1, 0.15) is 52.3 Å². The quantitative estimate of drug-likeness (QED) is 0.571. The average Bonchev–Trinajstić information content (AvgIpc) is 2.01. The summed E-state index contributed by atoms with van der Waals surface area (Å²) < 4.78 is 0. The molecule has 70 valence electrons. The van der Waals surface area contributed by atoms with Crippen molar-refractivity contribution in [2.75, 3.05) is 0 Å². The Kier molecular flexibility index (Phi) is 3.33. The molecule has 0 bridgehead atoms. The van der Waals surface area contributed by atoms with Gasteiger partial charge in [-0.2, -0.15) is 0 Å². The Bertz CT molecular complexity index is 290. The van der Waals surface area contributed by atoms with Gasteiger partial charge in [0.15, 0.2) is 0 Å². The van der Waals surface area contributed by atoms with Crippen LogP contribution in [0.4, 0.5) is 0 Å². The molecule has 0 nitrogen and oxygen atoms in total. The first-order valence-electron chi connectivity index (χ1n) is 5.32. The molecule has 14 heavy (non-hydrogen) atoms. The van der Waals surface area contributed by atoms with Crippen molar-refractivity contribution in [2.45, 2.75) is 52.4 Å². The molecule has 0 atom stereocenters. The van der Waals surface area contributed by atoms with Crippen LogP contribution in [-0.2, 0) is 10.8 Å². The van der Waals surface area contributed by atoms with Gasteiger partial charge in [-0.3, -0.25) is 0 Å². The third-order valence-corrected chi connectivity index (χ3v) is 2.59. The maximum absolute atomic E-state index is 2.33. The van der Waals surface area contributed by atoms with Crippen LogP contribution in [0.2, 0.25) is 0 Å². The van der Waals surface area contributed by atoms with Crippen LogP contribution in [-0.4, -0.2) is 27.2 Å². The van der Waals surface area contributed by atoms with E-state index in [9.17, 15) is 0 Å². The Labute approximate surface area is 90.7 Å². The Morgan fingerprint density at radius 1 is 0.714 bits per heavy atom. The molecule has 0 spiro atoms. The van der Waals surface area contributed by atoms with Gasteiger partial charge in [0.25, 0.3) is 0 Å². The van der Waals surface area contributed by atoms with Crippen molar-refractivity contribution >= 4 is 27.2 Å². The van der Waals surface area contributed by atoms with E-state index in [4.69, 9.17) is 0 Å². The number of hydrogen-bond donors (Lipinski definition) is 0. The van der Waals surface area contributed by atoms with Gasteiger partial charge in [-0.1, -0.05) is 0 Å². The van der Waals surface area contributed by atoms with Gasteiger partial charge in [0.05, 0.1) is 0 Å². The van der Waals surface area contributed by atoms with Gasteiger partial charge in [-0.15, -0.1) is 0 Å². The maximum atomic E-state index is 2.33. The molecule has 4 heteroatoms. The van der Waals surface area contributed by atoms with Crippen molar-refractivity contribution < 1.29 is 0 Å². The van der Waals surface area contributed by atoms with Crippen LogP contribution in [0.25, 0.3) is 0 Å². The fraction of sp³-hybridized carbons (Fsp3) is 0.800. The third kappa shape index (κ3) is 3.00. The van der Waals surface area contributed by atoms with Gasteiger partial charge in [0.2, 0.25) is 0 Å². The van der Waals surface area contributed by atoms with E-state index in [1.807, 2.05) is 0 Å². The summed E-state index contributed by atoms with van der Waals surface area (Å²) in [5.41, 5.74) is 0.502. The minimum atomic E-state index is 0.251. The van der Waals surface area contributed by atoms with E-state index in [1.54, 1.807) is 0 Å². The van der Waals surface area contributed by atoms with Crippen LogP contribution in [0.5, 0.6) is 0 Å². The summed E-state index contributed by atoms with van der Waals surface area (Å²) in [4.78, 5) is 0. The second-order valence-electron chi connectivity index (χ2n) is 6.08. The summed E-state index contributed by atoms with van der Waals surface area (Å²) in [6.07, 6.45) is 0. The standard InChI is InChI=1S/C10H18B4/c1-9(2,3)7-11-8(10(4,5)6)13-14-12-7/h1-6H3. The molecule has 0 fully saturated rings. The summed E-state index contributed by atoms with van der Waals surface area (Å²) >= 11 is 0. The summed E-state index contributed by atoms with van der Waals surface area (Å²) in [6.45, 7) is 22.5. The fourth-order valence-corrected chi connectivity index (χ4v) is 1.45. The normalized spacial score (nSPS) is 11.9. The topological polar surface area (TPSA) is 0 Å². The van der Waals surface area contributed by atoms with Crippen LogP contribution in [0.3, 0.4) is 0 Å². The number of hydrogen-bond acceptors (Lipinski definition) is 0. The van der Waals surface area contributed by atoms with Crippen molar-refractivity contribution in [3.63, 3.8) is 0 Å². The number of rotatable bonds is 0. The van der Waals surface area contributed by atoms with Crippen LogP contribution in [0.15, 0.2) is 0 Å². The van der Waals surface area contributed by atoms with Gasteiger partial charge in [0, 0.05) is 0 Å². The second kappa shape index (κ2) is 3.87. The first kappa shape index (κ1) is 12.1. The Hall–Kier alpha value is -0.000260. The molecule has 0 aliphatic heterocycles. The molecule has 0 N–H and O–H groups in total. The summed E-state index contributed by atoms with van der Waals surface area (Å²) in [5, 5.41) is 2.84. The zero-order chi connectivity index (χ0) is 11.0. The zero-order valence-corrected chi connectivity index (χ0v) is 10.3. The second-order valence-corrected chi connectivity index (χ2v) is 6.08. The molecule has 0 aliphatic carbocycles. The van der Waals surface area contributed by atoms with E-state index in [0.29, 0.717) is 0 Å². The summed E-state index contributed by atoms with van der Waals surface area (Å²) in [6, 6.07) is 0. The van der Waals surface area contributed by atoms with Crippen LogP contribution >= 0.6 is 0 Å². The van der Waals surface area contributed by atoms with E-state index in [1.165, 1.54) is 10.7 Å². The minimum absolute atomic E-state index is 0.251. The molecule has 0 radical (unpaired) electrons. The van der Waals surface area contributed by atoms with Gasteiger partial charge in [-0.05, 0) is 0 Å². The molecule has 1 heterocycles. The fourth-order valence-electron chi connectivity index (χ4n) is 1.45. The average molecular weight is 182 g/mol. The molecule has 0 aromatic carbocycles. The molecule has 0 amide bonds. The molecule has 1 aromatic heterocycles. The van der Waals surface area contributed by atoms with Gasteiger partial charge < -0.3 is 0 Å². The molecular formula is C10H18B4.